The van der Waals surface area contributed by atoms with E-state index in [1.165, 1.54) is 11.3 Å². The second-order valence-electron chi connectivity index (χ2n) is 4.64. The van der Waals surface area contributed by atoms with E-state index in [0.29, 0.717) is 28.0 Å². The normalized spacial score (nSPS) is 11.8. The predicted molar refractivity (Wildman–Crippen MR) is 89.4 cm³/mol. The van der Waals surface area contributed by atoms with Crippen LogP contribution in [0.1, 0.15) is 35.1 Å². The Bertz CT molecular complexity index is 657. The van der Waals surface area contributed by atoms with Crippen LogP contribution in [0.25, 0.3) is 0 Å². The molecule has 1 unspecified atom stereocenters. The van der Waals surface area contributed by atoms with Gasteiger partial charge >= 0.3 is 0 Å². The van der Waals surface area contributed by atoms with Gasteiger partial charge in [0.15, 0.2) is 11.5 Å². The average Bonchev–Trinajstić information content (AvgIpc) is 2.94. The van der Waals surface area contributed by atoms with Crippen LogP contribution in [-0.2, 0) is 0 Å². The maximum Gasteiger partial charge on any atom is 0.251 e. The van der Waals surface area contributed by atoms with Crippen molar-refractivity contribution in [3.05, 3.63) is 45.1 Å². The number of carbonyl (C=O) groups excluding carboxylic acids is 1. The molecule has 1 N–H and O–H groups in total. The van der Waals surface area contributed by atoms with Crippen LogP contribution in [0.5, 0.6) is 11.5 Å². The van der Waals surface area contributed by atoms with Crippen LogP contribution >= 0.6 is 22.9 Å². The van der Waals surface area contributed by atoms with E-state index in [4.69, 9.17) is 21.1 Å². The average molecular weight is 340 g/mol. The highest BCUT2D eigenvalue weighted by Crippen LogP contribution is 2.29. The third-order valence-corrected chi connectivity index (χ3v) is 4.51. The van der Waals surface area contributed by atoms with Crippen molar-refractivity contribution in [3.63, 3.8) is 0 Å². The molecule has 0 saturated heterocycles. The van der Waals surface area contributed by atoms with Crippen LogP contribution in [0.15, 0.2) is 30.3 Å². The van der Waals surface area contributed by atoms with Crippen LogP contribution in [0.2, 0.25) is 4.34 Å². The Morgan fingerprint density at radius 1 is 1.32 bits per heavy atom. The summed E-state index contributed by atoms with van der Waals surface area (Å²) in [5, 5.41) is 2.95. The highest BCUT2D eigenvalue weighted by Gasteiger charge is 2.15. The highest BCUT2D eigenvalue weighted by molar-refractivity contribution is 7.16. The number of rotatable bonds is 6. The summed E-state index contributed by atoms with van der Waals surface area (Å²) in [6.07, 6.45) is 0. The lowest BCUT2D eigenvalue weighted by Gasteiger charge is -2.14. The lowest BCUT2D eigenvalue weighted by atomic mass is 10.1. The molecule has 0 saturated carbocycles. The van der Waals surface area contributed by atoms with E-state index in [-0.39, 0.29) is 11.9 Å². The Hall–Kier alpha value is -1.72. The fourth-order valence-electron chi connectivity index (χ4n) is 2.00. The maximum absolute atomic E-state index is 12.4. The number of hydrogen-bond donors (Lipinski definition) is 1. The van der Waals surface area contributed by atoms with E-state index in [9.17, 15) is 4.79 Å². The summed E-state index contributed by atoms with van der Waals surface area (Å²) in [7, 11) is 1.57. The van der Waals surface area contributed by atoms with Crippen LogP contribution in [0.3, 0.4) is 0 Å². The van der Waals surface area contributed by atoms with Crippen molar-refractivity contribution in [1.29, 1.82) is 0 Å². The summed E-state index contributed by atoms with van der Waals surface area (Å²) in [4.78, 5) is 13.4. The molecule has 1 atom stereocenters. The van der Waals surface area contributed by atoms with E-state index in [0.717, 1.165) is 4.88 Å². The molecule has 1 aromatic carbocycles. The van der Waals surface area contributed by atoms with Gasteiger partial charge in [-0.3, -0.25) is 4.79 Å². The van der Waals surface area contributed by atoms with E-state index >= 15 is 0 Å². The standard InChI is InChI=1S/C16H18ClNO3S/c1-4-21-13-9-11(5-6-12(13)20-3)16(19)18-10(2)14-7-8-15(17)22-14/h5-10H,4H2,1-3H3,(H,18,19). The fraction of sp³-hybridized carbons (Fsp3) is 0.312. The number of ether oxygens (including phenoxy) is 2. The maximum atomic E-state index is 12.4. The van der Waals surface area contributed by atoms with Crippen molar-refractivity contribution in [2.75, 3.05) is 13.7 Å². The zero-order valence-corrected chi connectivity index (χ0v) is 14.3. The summed E-state index contributed by atoms with van der Waals surface area (Å²) < 4.78 is 11.4. The Morgan fingerprint density at radius 2 is 2.09 bits per heavy atom. The summed E-state index contributed by atoms with van der Waals surface area (Å²) in [5.74, 6) is 1.00. The zero-order chi connectivity index (χ0) is 16.1. The van der Waals surface area contributed by atoms with Gasteiger partial charge in [-0.1, -0.05) is 11.6 Å². The first kappa shape index (κ1) is 16.6. The van der Waals surface area contributed by atoms with Gasteiger partial charge in [0, 0.05) is 10.4 Å². The van der Waals surface area contributed by atoms with Gasteiger partial charge in [0.2, 0.25) is 0 Å². The molecular formula is C16H18ClNO3S. The van der Waals surface area contributed by atoms with Crippen molar-refractivity contribution < 1.29 is 14.3 Å². The lowest BCUT2D eigenvalue weighted by molar-refractivity contribution is 0.0940. The third-order valence-electron chi connectivity index (χ3n) is 3.09. The van der Waals surface area contributed by atoms with Crippen molar-refractivity contribution in [1.82, 2.24) is 5.32 Å². The second kappa shape index (κ2) is 7.51. The number of nitrogens with one attached hydrogen (secondary N) is 1. The largest absolute Gasteiger partial charge is 0.493 e. The monoisotopic (exact) mass is 339 g/mol. The van der Waals surface area contributed by atoms with E-state index in [2.05, 4.69) is 5.32 Å². The first-order valence-corrected chi connectivity index (χ1v) is 8.11. The highest BCUT2D eigenvalue weighted by atomic mass is 35.5. The molecule has 2 aromatic rings. The molecule has 0 radical (unpaired) electrons. The number of hydrogen-bond acceptors (Lipinski definition) is 4. The second-order valence-corrected chi connectivity index (χ2v) is 6.38. The fourth-order valence-corrected chi connectivity index (χ4v) is 3.06. The molecule has 0 aliphatic carbocycles. The quantitative estimate of drug-likeness (QED) is 0.853. The van der Waals surface area contributed by atoms with Crippen LogP contribution in [-0.4, -0.2) is 19.6 Å². The predicted octanol–water partition coefficient (Wildman–Crippen LogP) is 4.30. The van der Waals surface area contributed by atoms with Gasteiger partial charge in [0.25, 0.3) is 5.91 Å². The van der Waals surface area contributed by atoms with E-state index in [1.807, 2.05) is 26.0 Å². The topological polar surface area (TPSA) is 47.6 Å². The smallest absolute Gasteiger partial charge is 0.251 e. The molecule has 0 aliphatic rings. The van der Waals surface area contributed by atoms with Gasteiger partial charge in [-0.05, 0) is 44.2 Å². The van der Waals surface area contributed by atoms with E-state index < -0.39 is 0 Å². The van der Waals surface area contributed by atoms with Gasteiger partial charge in [-0.15, -0.1) is 11.3 Å². The molecule has 0 fully saturated rings. The Labute approximate surface area is 139 Å². The third kappa shape index (κ3) is 3.93. The number of methoxy groups -OCH3 is 1. The molecule has 1 heterocycles. The van der Waals surface area contributed by atoms with Crippen molar-refractivity contribution in [2.45, 2.75) is 19.9 Å². The Balaban J connectivity index is 2.13. The molecule has 0 aliphatic heterocycles. The van der Waals surface area contributed by atoms with Gasteiger partial charge in [0.05, 0.1) is 24.1 Å². The SMILES string of the molecule is CCOc1cc(C(=O)NC(C)c2ccc(Cl)s2)ccc1OC. The molecule has 1 amide bonds. The Morgan fingerprint density at radius 3 is 2.68 bits per heavy atom. The molecule has 0 spiro atoms. The minimum Gasteiger partial charge on any atom is -0.493 e. The molecule has 0 bridgehead atoms. The van der Waals surface area contributed by atoms with Gasteiger partial charge in [-0.25, -0.2) is 0 Å². The van der Waals surface area contributed by atoms with Crippen LogP contribution in [0, 0.1) is 0 Å². The molecule has 4 nitrogen and oxygen atoms in total. The summed E-state index contributed by atoms with van der Waals surface area (Å²) in [5.41, 5.74) is 0.527. The van der Waals surface area contributed by atoms with Gasteiger partial charge in [-0.2, -0.15) is 0 Å². The van der Waals surface area contributed by atoms with Gasteiger partial charge in [0.1, 0.15) is 0 Å². The molecule has 6 heteroatoms. The lowest BCUT2D eigenvalue weighted by Crippen LogP contribution is -2.26. The van der Waals surface area contributed by atoms with Crippen molar-refractivity contribution >= 4 is 28.8 Å². The molecule has 1 aromatic heterocycles. The number of amides is 1. The molecule has 118 valence electrons. The molecule has 2 rings (SSSR count). The summed E-state index contributed by atoms with van der Waals surface area (Å²) in [6.45, 7) is 4.31. The number of benzene rings is 1. The summed E-state index contributed by atoms with van der Waals surface area (Å²) in [6, 6.07) is 8.76. The number of thiophene rings is 1. The number of halogens is 1. The van der Waals surface area contributed by atoms with Gasteiger partial charge < -0.3 is 14.8 Å². The molecule has 22 heavy (non-hydrogen) atoms. The Kier molecular flexibility index (Phi) is 5.69. The molecular weight excluding hydrogens is 322 g/mol. The van der Waals surface area contributed by atoms with Crippen LogP contribution < -0.4 is 14.8 Å². The number of carbonyl (C=O) groups is 1. The van der Waals surface area contributed by atoms with Crippen molar-refractivity contribution in [2.24, 2.45) is 0 Å². The first-order valence-electron chi connectivity index (χ1n) is 6.92. The van der Waals surface area contributed by atoms with Crippen LogP contribution in [0.4, 0.5) is 0 Å². The summed E-state index contributed by atoms with van der Waals surface area (Å²) >= 11 is 7.38. The minimum atomic E-state index is -0.166. The zero-order valence-electron chi connectivity index (χ0n) is 12.7. The van der Waals surface area contributed by atoms with E-state index in [1.54, 1.807) is 25.3 Å². The minimum absolute atomic E-state index is 0.109. The first-order chi connectivity index (χ1) is 10.5. The van der Waals surface area contributed by atoms with Crippen molar-refractivity contribution in [3.8, 4) is 11.5 Å².